The fourth-order valence-corrected chi connectivity index (χ4v) is 1.30. The minimum Gasteiger partial charge on any atom is -0.419 e. The number of nitrogens with one attached hydrogen (secondary N) is 1. The highest BCUT2D eigenvalue weighted by Gasteiger charge is 2.41. The van der Waals surface area contributed by atoms with Gasteiger partial charge in [0.25, 0.3) is 0 Å². The first-order valence-electron chi connectivity index (χ1n) is 4.33. The zero-order valence-electron chi connectivity index (χ0n) is 7.84. The molecule has 1 aromatic heterocycles. The summed E-state index contributed by atoms with van der Waals surface area (Å²) in [5.74, 6) is -2.33. The highest BCUT2D eigenvalue weighted by Crippen LogP contribution is 2.27. The number of rotatable bonds is 1. The summed E-state index contributed by atoms with van der Waals surface area (Å²) in [7, 11) is 0. The van der Waals surface area contributed by atoms with Crippen molar-refractivity contribution in [2.24, 2.45) is 0 Å². The Kier molecular flexibility index (Phi) is 2.34. The van der Waals surface area contributed by atoms with Gasteiger partial charge in [-0.3, -0.25) is 0 Å². The number of carbonyl (C=O) groups is 1. The molecule has 0 atom stereocenters. The van der Waals surface area contributed by atoms with Crippen LogP contribution in [0.5, 0.6) is 5.75 Å². The lowest BCUT2D eigenvalue weighted by Crippen LogP contribution is -2.27. The molecular formula is C10H6F3NO2. The summed E-state index contributed by atoms with van der Waals surface area (Å²) in [5.41, 5.74) is 0.604. The van der Waals surface area contributed by atoms with Gasteiger partial charge in [0.1, 0.15) is 5.75 Å². The number of hydrogen-bond acceptors (Lipinski definition) is 2. The van der Waals surface area contributed by atoms with Crippen molar-refractivity contribution in [3.63, 3.8) is 0 Å². The molecule has 0 spiro atoms. The van der Waals surface area contributed by atoms with Gasteiger partial charge < -0.3 is 9.72 Å². The molecule has 0 fully saturated rings. The van der Waals surface area contributed by atoms with E-state index in [0.29, 0.717) is 10.9 Å². The topological polar surface area (TPSA) is 42.1 Å². The average Bonchev–Trinajstić information content (AvgIpc) is 2.65. The summed E-state index contributed by atoms with van der Waals surface area (Å²) in [6, 6.07) is 6.01. The third-order valence-electron chi connectivity index (χ3n) is 1.99. The Morgan fingerprint density at radius 2 is 2.00 bits per heavy atom. The Bertz CT molecular complexity index is 530. The van der Waals surface area contributed by atoms with Crippen LogP contribution in [0.25, 0.3) is 10.9 Å². The van der Waals surface area contributed by atoms with Crippen molar-refractivity contribution in [1.82, 2.24) is 4.98 Å². The molecule has 0 aliphatic carbocycles. The summed E-state index contributed by atoms with van der Waals surface area (Å²) in [6.45, 7) is 0. The molecule has 0 unspecified atom stereocenters. The van der Waals surface area contributed by atoms with Crippen LogP contribution in [0, 0.1) is 0 Å². The molecule has 0 saturated heterocycles. The predicted molar refractivity (Wildman–Crippen MR) is 50.0 cm³/mol. The highest BCUT2D eigenvalue weighted by molar-refractivity contribution is 5.89. The van der Waals surface area contributed by atoms with Gasteiger partial charge in [0.15, 0.2) is 0 Å². The number of benzene rings is 1. The first kappa shape index (κ1) is 10.5. The van der Waals surface area contributed by atoms with E-state index in [0.717, 1.165) is 0 Å². The standard InChI is InChI=1S/C10H6F3NO2/c11-10(12,13)9(15)16-8-3-1-2-7-6(8)4-5-14-7/h1-5,14H. The third-order valence-corrected chi connectivity index (χ3v) is 1.99. The summed E-state index contributed by atoms with van der Waals surface area (Å²) in [6.07, 6.45) is -3.44. The summed E-state index contributed by atoms with van der Waals surface area (Å²) >= 11 is 0. The van der Waals surface area contributed by atoms with Gasteiger partial charge in [0.05, 0.1) is 0 Å². The van der Waals surface area contributed by atoms with Gasteiger partial charge in [0.2, 0.25) is 0 Å². The second-order valence-electron chi connectivity index (χ2n) is 3.08. The van der Waals surface area contributed by atoms with E-state index in [9.17, 15) is 18.0 Å². The van der Waals surface area contributed by atoms with Gasteiger partial charge in [-0.1, -0.05) is 6.07 Å². The van der Waals surface area contributed by atoms with Crippen LogP contribution in [-0.2, 0) is 4.79 Å². The van der Waals surface area contributed by atoms with E-state index in [2.05, 4.69) is 9.72 Å². The van der Waals surface area contributed by atoms with Crippen LogP contribution in [0.15, 0.2) is 30.5 Å². The van der Waals surface area contributed by atoms with E-state index in [1.807, 2.05) is 0 Å². The molecule has 0 bridgehead atoms. The van der Waals surface area contributed by atoms with Crippen LogP contribution in [0.3, 0.4) is 0 Å². The lowest BCUT2D eigenvalue weighted by Gasteiger charge is -2.07. The molecule has 2 rings (SSSR count). The van der Waals surface area contributed by atoms with Crippen LogP contribution in [0.1, 0.15) is 0 Å². The van der Waals surface area contributed by atoms with Gasteiger partial charge in [-0.25, -0.2) is 4.79 Å². The van der Waals surface area contributed by atoms with E-state index in [-0.39, 0.29) is 5.75 Å². The van der Waals surface area contributed by atoms with E-state index in [1.165, 1.54) is 18.2 Å². The SMILES string of the molecule is O=C(Oc1cccc2[nH]ccc12)C(F)(F)F. The van der Waals surface area contributed by atoms with Crippen molar-refractivity contribution >= 4 is 16.9 Å². The monoisotopic (exact) mass is 229 g/mol. The summed E-state index contributed by atoms with van der Waals surface area (Å²) in [5, 5.41) is 0.431. The average molecular weight is 229 g/mol. The first-order chi connectivity index (χ1) is 7.48. The van der Waals surface area contributed by atoms with E-state index in [4.69, 9.17) is 0 Å². The normalized spacial score (nSPS) is 11.7. The number of H-pyrrole nitrogens is 1. The van der Waals surface area contributed by atoms with E-state index in [1.54, 1.807) is 12.3 Å². The maximum Gasteiger partial charge on any atom is 0.491 e. The van der Waals surface area contributed by atoms with Crippen molar-refractivity contribution in [2.45, 2.75) is 6.18 Å². The number of hydrogen-bond donors (Lipinski definition) is 1. The summed E-state index contributed by atoms with van der Waals surface area (Å²) < 4.78 is 40.2. The Hall–Kier alpha value is -1.98. The number of ether oxygens (including phenoxy) is 1. The molecule has 1 heterocycles. The predicted octanol–water partition coefficient (Wildman–Crippen LogP) is 2.64. The Morgan fingerprint density at radius 1 is 1.25 bits per heavy atom. The number of halogens is 3. The second kappa shape index (κ2) is 3.55. The number of esters is 1. The fraction of sp³-hybridized carbons (Fsp3) is 0.100. The quantitative estimate of drug-likeness (QED) is 0.603. The maximum absolute atomic E-state index is 12.0. The molecule has 16 heavy (non-hydrogen) atoms. The molecule has 0 saturated carbocycles. The third kappa shape index (κ3) is 1.86. The van der Waals surface area contributed by atoms with Crippen molar-refractivity contribution in [2.75, 3.05) is 0 Å². The molecule has 6 heteroatoms. The number of carbonyl (C=O) groups excluding carboxylic acids is 1. The molecule has 1 aromatic carbocycles. The Morgan fingerprint density at radius 3 is 2.69 bits per heavy atom. The lowest BCUT2D eigenvalue weighted by molar-refractivity contribution is -0.189. The first-order valence-corrected chi connectivity index (χ1v) is 4.33. The summed E-state index contributed by atoms with van der Waals surface area (Å²) in [4.78, 5) is 13.4. The molecule has 0 aliphatic heterocycles. The molecular weight excluding hydrogens is 223 g/mol. The highest BCUT2D eigenvalue weighted by atomic mass is 19.4. The van der Waals surface area contributed by atoms with Crippen molar-refractivity contribution in [1.29, 1.82) is 0 Å². The van der Waals surface area contributed by atoms with Gasteiger partial charge in [0, 0.05) is 17.1 Å². The molecule has 3 nitrogen and oxygen atoms in total. The largest absolute Gasteiger partial charge is 0.491 e. The van der Waals surface area contributed by atoms with Crippen LogP contribution >= 0.6 is 0 Å². The van der Waals surface area contributed by atoms with Crippen molar-refractivity contribution in [3.05, 3.63) is 30.5 Å². The zero-order chi connectivity index (χ0) is 11.8. The van der Waals surface area contributed by atoms with Crippen LogP contribution in [0.2, 0.25) is 0 Å². The lowest BCUT2D eigenvalue weighted by atomic mass is 10.2. The van der Waals surface area contributed by atoms with Crippen LogP contribution in [0.4, 0.5) is 13.2 Å². The van der Waals surface area contributed by atoms with Gasteiger partial charge in [-0.2, -0.15) is 13.2 Å². The maximum atomic E-state index is 12.0. The number of alkyl halides is 3. The van der Waals surface area contributed by atoms with E-state index >= 15 is 0 Å². The number of aromatic amines is 1. The van der Waals surface area contributed by atoms with Crippen LogP contribution in [-0.4, -0.2) is 17.1 Å². The van der Waals surface area contributed by atoms with Crippen molar-refractivity contribution < 1.29 is 22.7 Å². The molecule has 0 aliphatic rings. The Balaban J connectivity index is 2.35. The van der Waals surface area contributed by atoms with Gasteiger partial charge in [-0.15, -0.1) is 0 Å². The van der Waals surface area contributed by atoms with Crippen molar-refractivity contribution in [3.8, 4) is 5.75 Å². The van der Waals surface area contributed by atoms with E-state index < -0.39 is 12.1 Å². The molecule has 84 valence electrons. The number of fused-ring (bicyclic) bond motifs is 1. The second-order valence-corrected chi connectivity index (χ2v) is 3.08. The minimum atomic E-state index is -4.99. The zero-order valence-corrected chi connectivity index (χ0v) is 7.84. The fourth-order valence-electron chi connectivity index (χ4n) is 1.30. The van der Waals surface area contributed by atoms with Gasteiger partial charge in [-0.05, 0) is 18.2 Å². The smallest absolute Gasteiger partial charge is 0.419 e. The minimum absolute atomic E-state index is 0.110. The molecule has 1 N–H and O–H groups in total. The van der Waals surface area contributed by atoms with Gasteiger partial charge >= 0.3 is 12.1 Å². The Labute approximate surface area is 87.8 Å². The molecule has 0 radical (unpaired) electrons. The molecule has 2 aromatic rings. The molecule has 0 amide bonds. The van der Waals surface area contributed by atoms with Crippen LogP contribution < -0.4 is 4.74 Å². The number of aromatic nitrogens is 1.